The lowest BCUT2D eigenvalue weighted by atomic mass is 10.1. The number of rotatable bonds is 7. The Morgan fingerprint density at radius 2 is 2.04 bits per heavy atom. The van der Waals surface area contributed by atoms with Gasteiger partial charge in [-0.2, -0.15) is 0 Å². The van der Waals surface area contributed by atoms with Gasteiger partial charge in [-0.15, -0.1) is 0 Å². The highest BCUT2D eigenvalue weighted by Gasteiger charge is 2.22. The zero-order valence-electron chi connectivity index (χ0n) is 13.4. The molecule has 3 N–H and O–H groups in total. The molecule has 24 heavy (non-hydrogen) atoms. The summed E-state index contributed by atoms with van der Waals surface area (Å²) < 4.78 is 19.2. The van der Waals surface area contributed by atoms with Crippen LogP contribution in [0.4, 0.5) is 10.1 Å². The molecular weight excluding hydrogens is 307 g/mol. The van der Waals surface area contributed by atoms with Crippen LogP contribution in [-0.4, -0.2) is 11.9 Å². The molecule has 2 aromatic carbocycles. The molecule has 0 atom stereocenters. The number of benzene rings is 2. The summed E-state index contributed by atoms with van der Waals surface area (Å²) in [4.78, 5) is 11.7. The average molecular weight is 328 g/mol. The fourth-order valence-electron chi connectivity index (χ4n) is 2.44. The molecule has 0 aromatic heterocycles. The Balaban J connectivity index is 1.54. The maximum Gasteiger partial charge on any atom is 0.220 e. The Bertz CT molecular complexity index is 729. The van der Waals surface area contributed by atoms with Crippen LogP contribution >= 0.6 is 0 Å². The predicted molar refractivity (Wildman–Crippen MR) is 91.1 cm³/mol. The van der Waals surface area contributed by atoms with Crippen molar-refractivity contribution in [3.8, 4) is 5.75 Å². The number of nitrogen functional groups attached to an aromatic ring is 1. The first kappa shape index (κ1) is 16.3. The molecule has 1 saturated carbocycles. The molecule has 1 amide bonds. The third-order valence-electron chi connectivity index (χ3n) is 4.00. The molecule has 0 heterocycles. The van der Waals surface area contributed by atoms with E-state index < -0.39 is 0 Å². The number of carbonyl (C=O) groups excluding carboxylic acids is 1. The van der Waals surface area contributed by atoms with Crippen molar-refractivity contribution >= 4 is 11.6 Å². The van der Waals surface area contributed by atoms with E-state index in [0.717, 1.165) is 18.4 Å². The molecule has 3 rings (SSSR count). The van der Waals surface area contributed by atoms with E-state index in [1.54, 1.807) is 30.3 Å². The van der Waals surface area contributed by atoms with Crippen molar-refractivity contribution in [3.63, 3.8) is 0 Å². The Morgan fingerprint density at radius 3 is 2.75 bits per heavy atom. The van der Waals surface area contributed by atoms with Gasteiger partial charge in [0, 0.05) is 18.0 Å². The van der Waals surface area contributed by atoms with Crippen LogP contribution in [0.3, 0.4) is 0 Å². The monoisotopic (exact) mass is 328 g/mol. The van der Waals surface area contributed by atoms with Crippen molar-refractivity contribution in [2.24, 2.45) is 0 Å². The van der Waals surface area contributed by atoms with E-state index in [1.165, 1.54) is 6.07 Å². The second-order valence-electron chi connectivity index (χ2n) is 6.09. The summed E-state index contributed by atoms with van der Waals surface area (Å²) in [5.74, 6) is 0.301. The van der Waals surface area contributed by atoms with Gasteiger partial charge in [0.15, 0.2) is 0 Å². The fraction of sp³-hybridized carbons (Fsp3) is 0.316. The van der Waals surface area contributed by atoms with Crippen LogP contribution in [0.1, 0.15) is 30.4 Å². The molecule has 0 spiro atoms. The molecular formula is C19H21FN2O2. The quantitative estimate of drug-likeness (QED) is 0.767. The first-order valence-electron chi connectivity index (χ1n) is 8.16. The van der Waals surface area contributed by atoms with E-state index in [4.69, 9.17) is 10.5 Å². The van der Waals surface area contributed by atoms with Gasteiger partial charge in [0.1, 0.15) is 18.2 Å². The maximum absolute atomic E-state index is 13.6. The van der Waals surface area contributed by atoms with Gasteiger partial charge in [-0.1, -0.05) is 24.3 Å². The molecule has 5 heteroatoms. The smallest absolute Gasteiger partial charge is 0.220 e. The number of aryl methyl sites for hydroxylation is 1. The number of carbonyl (C=O) groups is 1. The van der Waals surface area contributed by atoms with E-state index in [0.29, 0.717) is 35.9 Å². The molecule has 0 aliphatic heterocycles. The lowest BCUT2D eigenvalue weighted by molar-refractivity contribution is -0.121. The first-order valence-corrected chi connectivity index (χ1v) is 8.16. The molecule has 0 saturated heterocycles. The Labute approximate surface area is 140 Å². The van der Waals surface area contributed by atoms with E-state index in [2.05, 4.69) is 5.32 Å². The van der Waals surface area contributed by atoms with Crippen molar-refractivity contribution in [1.82, 2.24) is 5.32 Å². The van der Waals surface area contributed by atoms with E-state index in [9.17, 15) is 9.18 Å². The minimum atomic E-state index is -0.297. The lowest BCUT2D eigenvalue weighted by Crippen LogP contribution is -2.25. The van der Waals surface area contributed by atoms with Crippen molar-refractivity contribution in [2.75, 3.05) is 5.73 Å². The number of nitrogens with two attached hydrogens (primary N) is 1. The third-order valence-corrected chi connectivity index (χ3v) is 4.00. The van der Waals surface area contributed by atoms with Gasteiger partial charge < -0.3 is 15.8 Å². The average Bonchev–Trinajstić information content (AvgIpc) is 3.37. The number of hydrogen-bond acceptors (Lipinski definition) is 3. The van der Waals surface area contributed by atoms with E-state index in [-0.39, 0.29) is 18.3 Å². The van der Waals surface area contributed by atoms with Gasteiger partial charge in [0.2, 0.25) is 5.91 Å². The first-order chi connectivity index (χ1) is 11.6. The summed E-state index contributed by atoms with van der Waals surface area (Å²) in [6.07, 6.45) is 3.27. The molecule has 1 aliphatic rings. The van der Waals surface area contributed by atoms with Crippen LogP contribution in [0.2, 0.25) is 0 Å². The molecule has 2 aromatic rings. The van der Waals surface area contributed by atoms with Gasteiger partial charge in [-0.05, 0) is 43.0 Å². The van der Waals surface area contributed by atoms with E-state index in [1.807, 2.05) is 6.07 Å². The maximum atomic E-state index is 13.6. The molecule has 1 fully saturated rings. The highest BCUT2D eigenvalue weighted by Crippen LogP contribution is 2.25. The van der Waals surface area contributed by atoms with Gasteiger partial charge in [-0.3, -0.25) is 4.79 Å². The van der Waals surface area contributed by atoms with Crippen molar-refractivity contribution in [2.45, 2.75) is 38.3 Å². The van der Waals surface area contributed by atoms with Crippen molar-refractivity contribution < 1.29 is 13.9 Å². The molecule has 0 radical (unpaired) electrons. The molecule has 126 valence electrons. The number of halogens is 1. The predicted octanol–water partition coefficient (Wildman–Crippen LogP) is 3.20. The highest BCUT2D eigenvalue weighted by molar-refractivity contribution is 5.76. The normalized spacial score (nSPS) is 13.5. The number of ether oxygens (including phenoxy) is 1. The van der Waals surface area contributed by atoms with Gasteiger partial charge >= 0.3 is 0 Å². The summed E-state index contributed by atoms with van der Waals surface area (Å²) in [5.41, 5.74) is 7.96. The van der Waals surface area contributed by atoms with Crippen LogP contribution < -0.4 is 15.8 Å². The second-order valence-corrected chi connectivity index (χ2v) is 6.09. The number of hydrogen-bond donors (Lipinski definition) is 2. The minimum absolute atomic E-state index is 0.0796. The van der Waals surface area contributed by atoms with Crippen LogP contribution in [0.15, 0.2) is 42.5 Å². The van der Waals surface area contributed by atoms with Gasteiger partial charge in [0.25, 0.3) is 0 Å². The fourth-order valence-corrected chi connectivity index (χ4v) is 2.44. The van der Waals surface area contributed by atoms with Crippen LogP contribution in [0.25, 0.3) is 0 Å². The zero-order valence-corrected chi connectivity index (χ0v) is 13.4. The van der Waals surface area contributed by atoms with Gasteiger partial charge in [0.05, 0.1) is 5.69 Å². The number of anilines is 1. The summed E-state index contributed by atoms with van der Waals surface area (Å²) >= 11 is 0. The van der Waals surface area contributed by atoms with Crippen LogP contribution in [0.5, 0.6) is 5.75 Å². The lowest BCUT2D eigenvalue weighted by Gasteiger charge is -2.11. The number of amides is 1. The minimum Gasteiger partial charge on any atom is -0.487 e. The third kappa shape index (κ3) is 4.47. The largest absolute Gasteiger partial charge is 0.487 e. The standard InChI is InChI=1S/C19H21FN2O2/c20-16-4-2-1-3-14(16)12-24-18-9-5-13(11-17(18)21)6-10-19(23)22-15-7-8-15/h1-5,9,11,15H,6-8,10,12,21H2,(H,22,23). The molecule has 0 bridgehead atoms. The summed E-state index contributed by atoms with van der Waals surface area (Å²) in [7, 11) is 0. The van der Waals surface area contributed by atoms with Crippen molar-refractivity contribution in [3.05, 3.63) is 59.4 Å². The summed E-state index contributed by atoms with van der Waals surface area (Å²) in [6, 6.07) is 12.3. The zero-order chi connectivity index (χ0) is 16.9. The Hall–Kier alpha value is -2.56. The molecule has 0 unspecified atom stereocenters. The summed E-state index contributed by atoms with van der Waals surface area (Å²) in [5, 5.41) is 2.96. The topological polar surface area (TPSA) is 64.4 Å². The summed E-state index contributed by atoms with van der Waals surface area (Å²) in [6.45, 7) is 0.125. The second kappa shape index (κ2) is 7.34. The molecule has 4 nitrogen and oxygen atoms in total. The number of nitrogens with one attached hydrogen (secondary N) is 1. The Morgan fingerprint density at radius 1 is 1.25 bits per heavy atom. The van der Waals surface area contributed by atoms with Crippen molar-refractivity contribution in [1.29, 1.82) is 0 Å². The molecule has 1 aliphatic carbocycles. The van der Waals surface area contributed by atoms with Crippen LogP contribution in [-0.2, 0) is 17.8 Å². The SMILES string of the molecule is Nc1cc(CCC(=O)NC2CC2)ccc1OCc1ccccc1F. The highest BCUT2D eigenvalue weighted by atomic mass is 19.1. The Kier molecular flexibility index (Phi) is 4.99. The van der Waals surface area contributed by atoms with Crippen LogP contribution in [0, 0.1) is 5.82 Å². The van der Waals surface area contributed by atoms with Gasteiger partial charge in [-0.25, -0.2) is 4.39 Å². The van der Waals surface area contributed by atoms with E-state index >= 15 is 0 Å².